The highest BCUT2D eigenvalue weighted by atomic mass is 35.5. The summed E-state index contributed by atoms with van der Waals surface area (Å²) in [6.45, 7) is 0. The largest absolute Gasteiger partial charge is 0.507 e. The number of benzene rings is 6. The molecule has 0 bridgehead atoms. The van der Waals surface area contributed by atoms with Gasteiger partial charge in [0, 0.05) is 23.5 Å². The Morgan fingerprint density at radius 1 is 0.492 bits per heavy atom. The second kappa shape index (κ2) is 16.7. The average molecular weight is 988 g/mol. The Kier molecular flexibility index (Phi) is 11.8. The minimum absolute atomic E-state index is 0.0633. The molecule has 1 heterocycles. The number of hydrogen-bond acceptors (Lipinski definition) is 21. The van der Waals surface area contributed by atoms with Gasteiger partial charge in [0.2, 0.25) is 17.2 Å². The first-order valence-electron chi connectivity index (χ1n) is 17.3. The standard InChI is InChI=1S/C35H26ClN11O14S4/c36-33-41-34(39-17-3-7-23(27(11-17)64(56,57)58)44-46-31-21(37)5-1-15-9-19(62(50,51)52)13-25(48)29(15)31)43-35(42-33)40-18-4-8-24(28(12-18)65(59,60)61)45-47-32-22(38)6-2-16-10-20(63(53,54)55)14-26(49)30(16)32/h1-14,48-49H,37-38H2,(H,50,51,52)(H,53,54,55)(H,56,57,58)(H,59,60,61)(H2,39,40,41,42,43). The van der Waals surface area contributed by atoms with E-state index in [4.69, 9.17) is 23.1 Å². The van der Waals surface area contributed by atoms with Gasteiger partial charge in [0.15, 0.2) is 0 Å². The van der Waals surface area contributed by atoms with Crippen LogP contribution in [0.5, 0.6) is 11.5 Å². The molecule has 6 aromatic carbocycles. The Labute approximate surface area is 370 Å². The number of nitrogens with zero attached hydrogens (tertiary/aromatic N) is 7. The molecule has 7 rings (SSSR count). The highest BCUT2D eigenvalue weighted by Crippen LogP contribution is 2.43. The summed E-state index contributed by atoms with van der Waals surface area (Å²) in [5.41, 5.74) is 10.4. The van der Waals surface area contributed by atoms with Crippen molar-refractivity contribution in [3.63, 3.8) is 0 Å². The van der Waals surface area contributed by atoms with Crippen LogP contribution < -0.4 is 22.1 Å². The molecule has 0 radical (unpaired) electrons. The van der Waals surface area contributed by atoms with Crippen LogP contribution in [0.2, 0.25) is 5.28 Å². The normalized spacial score (nSPS) is 12.7. The fourth-order valence-corrected chi connectivity index (χ4v) is 8.56. The fraction of sp³-hybridized carbons (Fsp3) is 0. The molecule has 0 aliphatic rings. The summed E-state index contributed by atoms with van der Waals surface area (Å²) in [7, 11) is -19.5. The van der Waals surface area contributed by atoms with Crippen molar-refractivity contribution in [3.05, 3.63) is 90.2 Å². The number of aromatic nitrogens is 3. The van der Waals surface area contributed by atoms with Crippen molar-refractivity contribution in [1.82, 2.24) is 15.0 Å². The van der Waals surface area contributed by atoms with Crippen LogP contribution in [0.1, 0.15) is 0 Å². The predicted molar refractivity (Wildman–Crippen MR) is 232 cm³/mol. The molecule has 0 spiro atoms. The van der Waals surface area contributed by atoms with Gasteiger partial charge in [-0.3, -0.25) is 18.2 Å². The van der Waals surface area contributed by atoms with E-state index in [0.717, 1.165) is 48.5 Å². The smallest absolute Gasteiger partial charge is 0.296 e. The van der Waals surface area contributed by atoms with Crippen LogP contribution in [0.25, 0.3) is 21.5 Å². The molecular weight excluding hydrogens is 962 g/mol. The first kappa shape index (κ1) is 45.8. The zero-order chi connectivity index (χ0) is 47.4. The Morgan fingerprint density at radius 3 is 1.23 bits per heavy atom. The number of phenolic OH excluding ortho intramolecular Hbond substituents is 2. The van der Waals surface area contributed by atoms with E-state index in [1.165, 1.54) is 36.4 Å². The number of nitrogens with two attached hydrogens (primary N) is 2. The number of anilines is 6. The number of hydrogen-bond donors (Lipinski definition) is 10. The van der Waals surface area contributed by atoms with Gasteiger partial charge in [-0.15, -0.1) is 20.5 Å². The van der Waals surface area contributed by atoms with Gasteiger partial charge in [-0.05, 0) is 83.0 Å². The third-order valence-corrected chi connectivity index (χ3v) is 12.5. The zero-order valence-corrected chi connectivity index (χ0v) is 35.9. The Morgan fingerprint density at radius 2 is 0.877 bits per heavy atom. The van der Waals surface area contributed by atoms with Gasteiger partial charge in [0.1, 0.15) is 44.0 Å². The lowest BCUT2D eigenvalue weighted by Crippen LogP contribution is -2.06. The van der Waals surface area contributed by atoms with E-state index in [0.29, 0.717) is 0 Å². The molecule has 65 heavy (non-hydrogen) atoms. The topological polar surface area (TPSA) is 422 Å². The molecule has 0 saturated carbocycles. The molecule has 0 fully saturated rings. The first-order valence-corrected chi connectivity index (χ1v) is 23.5. The van der Waals surface area contributed by atoms with Gasteiger partial charge < -0.3 is 32.3 Å². The van der Waals surface area contributed by atoms with E-state index in [1.54, 1.807) is 0 Å². The van der Waals surface area contributed by atoms with E-state index >= 15 is 0 Å². The number of nitrogens with one attached hydrogen (secondary N) is 2. The number of nitrogen functional groups attached to an aromatic ring is 2. The highest BCUT2D eigenvalue weighted by Gasteiger charge is 2.22. The van der Waals surface area contributed by atoms with Crippen molar-refractivity contribution in [2.24, 2.45) is 20.5 Å². The summed E-state index contributed by atoms with van der Waals surface area (Å²) < 4.78 is 136. The molecule has 0 unspecified atom stereocenters. The van der Waals surface area contributed by atoms with Gasteiger partial charge in [-0.25, -0.2) is 0 Å². The van der Waals surface area contributed by atoms with Gasteiger partial charge in [-0.1, -0.05) is 12.1 Å². The molecule has 30 heteroatoms. The van der Waals surface area contributed by atoms with E-state index in [1.807, 2.05) is 0 Å². The number of halogens is 1. The van der Waals surface area contributed by atoms with Crippen LogP contribution in [-0.4, -0.2) is 77.0 Å². The van der Waals surface area contributed by atoms with Gasteiger partial charge in [0.25, 0.3) is 40.5 Å². The molecule has 1 aromatic heterocycles. The van der Waals surface area contributed by atoms with Crippen molar-refractivity contribution >= 4 is 131 Å². The van der Waals surface area contributed by atoms with Crippen LogP contribution in [0, 0.1) is 0 Å². The lowest BCUT2D eigenvalue weighted by atomic mass is 10.1. The maximum Gasteiger partial charge on any atom is 0.296 e. The molecule has 0 atom stereocenters. The minimum Gasteiger partial charge on any atom is -0.507 e. The number of phenols is 2. The maximum absolute atomic E-state index is 12.5. The number of rotatable bonds is 12. The van der Waals surface area contributed by atoms with E-state index < -0.39 is 88.2 Å². The molecule has 0 aliphatic heterocycles. The first-order chi connectivity index (χ1) is 30.3. The van der Waals surface area contributed by atoms with E-state index in [-0.39, 0.29) is 67.6 Å². The Balaban J connectivity index is 1.17. The van der Waals surface area contributed by atoms with Crippen molar-refractivity contribution < 1.29 is 62.1 Å². The monoisotopic (exact) mass is 987 g/mol. The van der Waals surface area contributed by atoms with Crippen LogP contribution in [-0.2, 0) is 40.5 Å². The molecule has 0 amide bonds. The molecule has 0 saturated heterocycles. The second-order valence-electron chi connectivity index (χ2n) is 13.3. The van der Waals surface area contributed by atoms with Gasteiger partial charge >= 0.3 is 0 Å². The minimum atomic E-state index is -5.04. The molecule has 0 aliphatic carbocycles. The summed E-state index contributed by atoms with van der Waals surface area (Å²) in [4.78, 5) is 9.09. The van der Waals surface area contributed by atoms with Gasteiger partial charge in [0.05, 0.1) is 31.9 Å². The predicted octanol–water partition coefficient (Wildman–Crippen LogP) is 6.71. The van der Waals surface area contributed by atoms with Crippen molar-refractivity contribution in [2.45, 2.75) is 19.6 Å². The summed E-state index contributed by atoms with van der Waals surface area (Å²) in [6.07, 6.45) is 0. The maximum atomic E-state index is 12.5. The van der Waals surface area contributed by atoms with Crippen molar-refractivity contribution in [2.75, 3.05) is 22.1 Å². The summed E-state index contributed by atoms with van der Waals surface area (Å²) in [5, 5.41) is 41.7. The van der Waals surface area contributed by atoms with E-state index in [9.17, 15) is 62.1 Å². The lowest BCUT2D eigenvalue weighted by Gasteiger charge is -2.11. The fourth-order valence-electron chi connectivity index (χ4n) is 6.03. The number of aromatic hydroxyl groups is 2. The van der Waals surface area contributed by atoms with Crippen LogP contribution in [0.15, 0.2) is 125 Å². The van der Waals surface area contributed by atoms with Crippen molar-refractivity contribution in [1.29, 1.82) is 0 Å². The van der Waals surface area contributed by atoms with E-state index in [2.05, 4.69) is 46.0 Å². The zero-order valence-electron chi connectivity index (χ0n) is 31.8. The third kappa shape index (κ3) is 9.96. The molecule has 12 N–H and O–H groups in total. The molecule has 336 valence electrons. The highest BCUT2D eigenvalue weighted by molar-refractivity contribution is 7.86. The number of fused-ring (bicyclic) bond motifs is 2. The summed E-state index contributed by atoms with van der Waals surface area (Å²) in [5.74, 6) is -1.98. The summed E-state index contributed by atoms with van der Waals surface area (Å²) >= 11 is 6.12. The van der Waals surface area contributed by atoms with Crippen molar-refractivity contribution in [3.8, 4) is 11.5 Å². The third-order valence-electron chi connectivity index (χ3n) is 8.86. The van der Waals surface area contributed by atoms with Crippen LogP contribution in [0.3, 0.4) is 0 Å². The van der Waals surface area contributed by atoms with Crippen LogP contribution in [0.4, 0.5) is 57.4 Å². The summed E-state index contributed by atoms with van der Waals surface area (Å²) in [6, 6.07) is 15.3. The Hall–Kier alpha value is -7.22. The molecule has 25 nitrogen and oxygen atoms in total. The SMILES string of the molecule is Nc1ccc2cc(S(=O)(=O)O)cc(O)c2c1N=Nc1ccc(Nc2nc(Cl)nc(Nc3ccc(N=Nc4c(N)ccc5cc(S(=O)(=O)O)cc(O)c45)c(S(=O)(=O)O)c3)n2)cc1S(=O)(=O)O. The molecular formula is C35H26ClN11O14S4. The van der Waals surface area contributed by atoms with Crippen LogP contribution >= 0.6 is 11.6 Å². The molecule has 7 aromatic rings. The quantitative estimate of drug-likeness (QED) is 0.0345. The Bertz CT molecular complexity index is 3460. The van der Waals surface area contributed by atoms with Gasteiger partial charge in [-0.2, -0.15) is 48.6 Å². The number of azo groups is 2. The average Bonchev–Trinajstić information content (AvgIpc) is 3.19. The second-order valence-corrected chi connectivity index (χ2v) is 19.2. The lowest BCUT2D eigenvalue weighted by molar-refractivity contribution is 0.470.